The fourth-order valence-electron chi connectivity index (χ4n) is 3.45. The normalized spacial score (nSPS) is 11.4. The number of aliphatic carboxylic acids is 1. The van der Waals surface area contributed by atoms with Gasteiger partial charge in [0, 0.05) is 12.0 Å². The van der Waals surface area contributed by atoms with Crippen molar-refractivity contribution in [3.8, 4) is 16.9 Å². The third kappa shape index (κ3) is 5.49. The molecule has 0 aromatic heterocycles. The van der Waals surface area contributed by atoms with Crippen LogP contribution in [0.25, 0.3) is 11.1 Å². The molecule has 3 aromatic rings. The number of benzene rings is 3. The number of carboxylic acids is 1. The first-order valence-electron chi connectivity index (χ1n) is 10.4. The van der Waals surface area contributed by atoms with Crippen LogP contribution in [0.2, 0.25) is 0 Å². The molecule has 3 aromatic carbocycles. The fourth-order valence-corrected chi connectivity index (χ4v) is 3.45. The Balaban J connectivity index is 0.00000124. The van der Waals surface area contributed by atoms with Crippen LogP contribution in [0.15, 0.2) is 66.7 Å². The molecular weight excluding hydrogens is 376 g/mol. The van der Waals surface area contributed by atoms with E-state index < -0.39 is 5.97 Å². The Bertz CT molecular complexity index is 980. The minimum atomic E-state index is -0.786. The molecule has 0 saturated carbocycles. The zero-order valence-corrected chi connectivity index (χ0v) is 17.6. The lowest BCUT2D eigenvalue weighted by Gasteiger charge is -2.22. The summed E-state index contributed by atoms with van der Waals surface area (Å²) in [6, 6.07) is 22.5. The summed E-state index contributed by atoms with van der Waals surface area (Å²) in [4.78, 5) is 10.8. The van der Waals surface area contributed by atoms with Gasteiger partial charge in [-0.3, -0.25) is 4.79 Å². The highest BCUT2D eigenvalue weighted by molar-refractivity contribution is 5.76. The van der Waals surface area contributed by atoms with E-state index >= 15 is 0 Å². The van der Waals surface area contributed by atoms with Crippen molar-refractivity contribution in [2.24, 2.45) is 0 Å². The zero-order chi connectivity index (χ0) is 21.3. The van der Waals surface area contributed by atoms with Gasteiger partial charge in [-0.2, -0.15) is 0 Å². The number of ether oxygens (including phenoxy) is 2. The van der Waals surface area contributed by atoms with Gasteiger partial charge in [0.2, 0.25) is 0 Å². The minimum Gasteiger partial charge on any atom is -0.488 e. The average molecular weight is 405 g/mol. The summed E-state index contributed by atoms with van der Waals surface area (Å²) in [6.07, 6.45) is 0.637. The summed E-state index contributed by atoms with van der Waals surface area (Å²) < 4.78 is 11.8. The van der Waals surface area contributed by atoms with Gasteiger partial charge in [-0.1, -0.05) is 68.4 Å². The van der Waals surface area contributed by atoms with Crippen molar-refractivity contribution < 1.29 is 19.4 Å². The van der Waals surface area contributed by atoms with E-state index in [2.05, 4.69) is 30.3 Å². The van der Waals surface area contributed by atoms with E-state index in [0.717, 1.165) is 39.1 Å². The molecular formula is C26H28O4. The number of aryl methyl sites for hydroxylation is 1. The van der Waals surface area contributed by atoms with Crippen LogP contribution in [0.5, 0.6) is 5.75 Å². The molecule has 0 radical (unpaired) electrons. The van der Waals surface area contributed by atoms with Gasteiger partial charge in [0.1, 0.15) is 12.4 Å². The van der Waals surface area contributed by atoms with E-state index in [1.165, 1.54) is 0 Å². The van der Waals surface area contributed by atoms with Crippen LogP contribution in [0, 0.1) is 0 Å². The first-order chi connectivity index (χ1) is 14.7. The predicted octanol–water partition coefficient (Wildman–Crippen LogP) is 6.01. The standard InChI is InChI=1S/C24H22O4.C2H6/c25-24(26)11-8-17-6-10-22-21-9-7-19(12-20(21)16-28-23(22)13-17)15-27-14-18-4-2-1-3-5-18;1-2/h1-7,9-10,12-13H,8,11,14-16H2,(H,25,26);1-2H3. The Labute approximate surface area is 178 Å². The van der Waals surface area contributed by atoms with Gasteiger partial charge in [-0.25, -0.2) is 0 Å². The van der Waals surface area contributed by atoms with Gasteiger partial charge in [0.25, 0.3) is 0 Å². The van der Waals surface area contributed by atoms with Crippen LogP contribution in [0.3, 0.4) is 0 Å². The lowest BCUT2D eigenvalue weighted by molar-refractivity contribution is -0.136. The maximum absolute atomic E-state index is 10.8. The van der Waals surface area contributed by atoms with E-state index in [4.69, 9.17) is 14.6 Å². The maximum Gasteiger partial charge on any atom is 0.303 e. The van der Waals surface area contributed by atoms with Gasteiger partial charge in [0.05, 0.1) is 13.2 Å². The van der Waals surface area contributed by atoms with Crippen LogP contribution in [0.4, 0.5) is 0 Å². The molecule has 0 fully saturated rings. The molecule has 0 unspecified atom stereocenters. The van der Waals surface area contributed by atoms with Crippen LogP contribution in [0.1, 0.15) is 42.5 Å². The van der Waals surface area contributed by atoms with Crippen molar-refractivity contribution in [2.45, 2.75) is 46.5 Å². The Morgan fingerprint density at radius 3 is 2.37 bits per heavy atom. The molecule has 0 aliphatic carbocycles. The summed E-state index contributed by atoms with van der Waals surface area (Å²) in [6.45, 7) is 5.66. The second kappa shape index (κ2) is 10.6. The van der Waals surface area contributed by atoms with Crippen molar-refractivity contribution in [1.29, 1.82) is 0 Å². The van der Waals surface area contributed by atoms with Gasteiger partial charge in [-0.15, -0.1) is 0 Å². The predicted molar refractivity (Wildman–Crippen MR) is 118 cm³/mol. The monoisotopic (exact) mass is 404 g/mol. The number of hydrogen-bond donors (Lipinski definition) is 1. The van der Waals surface area contributed by atoms with E-state index in [1.807, 2.05) is 50.2 Å². The van der Waals surface area contributed by atoms with E-state index in [9.17, 15) is 4.79 Å². The first-order valence-corrected chi connectivity index (χ1v) is 10.4. The lowest BCUT2D eigenvalue weighted by Crippen LogP contribution is -2.07. The second-order valence-corrected chi connectivity index (χ2v) is 6.98. The van der Waals surface area contributed by atoms with Gasteiger partial charge >= 0.3 is 5.97 Å². The highest BCUT2D eigenvalue weighted by atomic mass is 16.5. The summed E-state index contributed by atoms with van der Waals surface area (Å²) >= 11 is 0. The van der Waals surface area contributed by atoms with E-state index in [0.29, 0.717) is 26.2 Å². The smallest absolute Gasteiger partial charge is 0.303 e. The Kier molecular flexibility index (Phi) is 7.63. The molecule has 4 nitrogen and oxygen atoms in total. The molecule has 1 N–H and O–H groups in total. The third-order valence-corrected chi connectivity index (χ3v) is 4.90. The fraction of sp³-hybridized carbons (Fsp3) is 0.269. The van der Waals surface area contributed by atoms with Crippen molar-refractivity contribution in [3.63, 3.8) is 0 Å². The van der Waals surface area contributed by atoms with Crippen LogP contribution < -0.4 is 4.74 Å². The van der Waals surface area contributed by atoms with Crippen molar-refractivity contribution in [1.82, 2.24) is 0 Å². The van der Waals surface area contributed by atoms with E-state index in [-0.39, 0.29) is 6.42 Å². The molecule has 0 amide bonds. The maximum atomic E-state index is 10.8. The molecule has 1 heterocycles. The molecule has 30 heavy (non-hydrogen) atoms. The highest BCUT2D eigenvalue weighted by Gasteiger charge is 2.18. The topological polar surface area (TPSA) is 55.8 Å². The quantitative estimate of drug-likeness (QED) is 0.524. The highest BCUT2D eigenvalue weighted by Crippen LogP contribution is 2.38. The molecule has 1 aliphatic heterocycles. The largest absolute Gasteiger partial charge is 0.488 e. The third-order valence-electron chi connectivity index (χ3n) is 4.90. The average Bonchev–Trinajstić information content (AvgIpc) is 2.79. The van der Waals surface area contributed by atoms with E-state index in [1.54, 1.807) is 0 Å². The minimum absolute atomic E-state index is 0.127. The summed E-state index contributed by atoms with van der Waals surface area (Å²) in [7, 11) is 0. The lowest BCUT2D eigenvalue weighted by atomic mass is 9.94. The Hall–Kier alpha value is -3.11. The number of carboxylic acid groups (broad SMARTS) is 1. The van der Waals surface area contributed by atoms with Gasteiger partial charge in [-0.05, 0) is 46.4 Å². The molecule has 0 atom stereocenters. The number of hydrogen-bond acceptors (Lipinski definition) is 3. The van der Waals surface area contributed by atoms with Crippen molar-refractivity contribution >= 4 is 5.97 Å². The zero-order valence-electron chi connectivity index (χ0n) is 17.6. The summed E-state index contributed by atoms with van der Waals surface area (Å²) in [5, 5.41) is 8.85. The number of carbonyl (C=O) groups is 1. The Morgan fingerprint density at radius 2 is 1.60 bits per heavy atom. The molecule has 0 bridgehead atoms. The summed E-state index contributed by atoms with van der Waals surface area (Å²) in [5.41, 5.74) is 6.63. The molecule has 4 rings (SSSR count). The molecule has 1 aliphatic rings. The van der Waals surface area contributed by atoms with Crippen molar-refractivity contribution in [2.75, 3.05) is 0 Å². The Morgan fingerprint density at radius 1 is 0.900 bits per heavy atom. The molecule has 4 heteroatoms. The van der Waals surface area contributed by atoms with Gasteiger partial charge < -0.3 is 14.6 Å². The number of rotatable bonds is 7. The molecule has 0 spiro atoms. The van der Waals surface area contributed by atoms with Gasteiger partial charge in [0.15, 0.2) is 0 Å². The number of fused-ring (bicyclic) bond motifs is 3. The molecule has 156 valence electrons. The van der Waals surface area contributed by atoms with Crippen LogP contribution in [-0.4, -0.2) is 11.1 Å². The van der Waals surface area contributed by atoms with Crippen LogP contribution in [-0.2, 0) is 35.8 Å². The van der Waals surface area contributed by atoms with Crippen molar-refractivity contribution in [3.05, 3.63) is 89.0 Å². The first kappa shape index (κ1) is 21.6. The van der Waals surface area contributed by atoms with Crippen LogP contribution >= 0.6 is 0 Å². The SMILES string of the molecule is CC.O=C(O)CCc1ccc2c(c1)OCc1cc(COCc3ccccc3)ccc1-2. The molecule has 0 saturated heterocycles. The summed E-state index contributed by atoms with van der Waals surface area (Å²) in [5.74, 6) is 0.0365. The second-order valence-electron chi connectivity index (χ2n) is 6.98.